The van der Waals surface area contributed by atoms with Gasteiger partial charge in [-0.25, -0.2) is 8.42 Å². The summed E-state index contributed by atoms with van der Waals surface area (Å²) in [6.07, 6.45) is 2.27. The van der Waals surface area contributed by atoms with E-state index in [2.05, 4.69) is 11.3 Å². The maximum absolute atomic E-state index is 11.5. The number of hydrogen-bond acceptors (Lipinski definition) is 4. The van der Waals surface area contributed by atoms with Crippen molar-refractivity contribution in [2.45, 2.75) is 30.4 Å². The predicted molar refractivity (Wildman–Crippen MR) is 75.4 cm³/mol. The summed E-state index contributed by atoms with van der Waals surface area (Å²) >= 11 is 1.71. The third-order valence-corrected chi connectivity index (χ3v) is 4.99. The summed E-state index contributed by atoms with van der Waals surface area (Å²) < 4.78 is 26.6. The third kappa shape index (κ3) is 2.87. The van der Waals surface area contributed by atoms with Gasteiger partial charge in [-0.3, -0.25) is 0 Å². The maximum Gasteiger partial charge on any atom is 0.259 e. The van der Waals surface area contributed by atoms with Gasteiger partial charge in [-0.2, -0.15) is 0 Å². The molecule has 1 aliphatic heterocycles. The quantitative estimate of drug-likeness (QED) is 0.679. The topological polar surface area (TPSA) is 72.5 Å². The molecule has 0 saturated heterocycles. The molecule has 0 saturated carbocycles. The number of benzene rings is 1. The SMILES string of the molecule is CCCCSc1cccc2c1C(N)=NS(=O)(=O)C2. The number of sulfonamides is 1. The molecular weight excluding hydrogens is 268 g/mol. The zero-order valence-corrected chi connectivity index (χ0v) is 11.9. The first-order valence-electron chi connectivity index (χ1n) is 5.86. The summed E-state index contributed by atoms with van der Waals surface area (Å²) in [5.74, 6) is 1.08. The maximum atomic E-state index is 11.5. The lowest BCUT2D eigenvalue weighted by atomic mass is 10.1. The largest absolute Gasteiger partial charge is 0.382 e. The van der Waals surface area contributed by atoms with Crippen LogP contribution in [0.5, 0.6) is 0 Å². The first-order valence-corrected chi connectivity index (χ1v) is 8.46. The van der Waals surface area contributed by atoms with Crippen molar-refractivity contribution in [3.8, 4) is 0 Å². The number of amidine groups is 1. The van der Waals surface area contributed by atoms with Gasteiger partial charge in [0.25, 0.3) is 10.0 Å². The normalized spacial score (nSPS) is 17.1. The molecule has 1 aromatic carbocycles. The lowest BCUT2D eigenvalue weighted by molar-refractivity contribution is 0.596. The van der Waals surface area contributed by atoms with Crippen molar-refractivity contribution >= 4 is 27.6 Å². The average Bonchev–Trinajstić information content (AvgIpc) is 2.27. The monoisotopic (exact) mass is 284 g/mol. The Bertz CT molecular complexity index is 580. The molecule has 98 valence electrons. The van der Waals surface area contributed by atoms with E-state index in [1.165, 1.54) is 0 Å². The number of nitrogens with two attached hydrogens (primary N) is 1. The van der Waals surface area contributed by atoms with Crippen LogP contribution in [-0.2, 0) is 15.8 Å². The summed E-state index contributed by atoms with van der Waals surface area (Å²) in [5.41, 5.74) is 7.34. The highest BCUT2D eigenvalue weighted by Crippen LogP contribution is 2.30. The summed E-state index contributed by atoms with van der Waals surface area (Å²) in [6.45, 7) is 2.14. The van der Waals surface area contributed by atoms with Crippen molar-refractivity contribution in [1.29, 1.82) is 0 Å². The Labute approximate surface area is 112 Å². The van der Waals surface area contributed by atoms with Crippen molar-refractivity contribution in [3.05, 3.63) is 29.3 Å². The summed E-state index contributed by atoms with van der Waals surface area (Å²) in [7, 11) is -3.43. The molecule has 1 heterocycles. The van der Waals surface area contributed by atoms with Gasteiger partial charge in [0, 0.05) is 10.5 Å². The molecule has 0 unspecified atom stereocenters. The fraction of sp³-hybridized carbons (Fsp3) is 0.417. The molecule has 0 aromatic heterocycles. The van der Waals surface area contributed by atoms with Crippen molar-refractivity contribution in [2.75, 3.05) is 5.75 Å². The summed E-state index contributed by atoms with van der Waals surface area (Å²) in [4.78, 5) is 1.03. The van der Waals surface area contributed by atoms with Crippen LogP contribution in [-0.4, -0.2) is 20.0 Å². The van der Waals surface area contributed by atoms with E-state index in [0.29, 0.717) is 0 Å². The molecule has 0 spiro atoms. The second-order valence-corrected chi connectivity index (χ2v) is 6.97. The Morgan fingerprint density at radius 1 is 1.44 bits per heavy atom. The Morgan fingerprint density at radius 3 is 2.94 bits per heavy atom. The lowest BCUT2D eigenvalue weighted by Gasteiger charge is -2.17. The molecule has 18 heavy (non-hydrogen) atoms. The standard InChI is InChI=1S/C12H16N2O2S2/c1-2-3-7-17-10-6-4-5-9-8-18(15,16)14-12(13)11(9)10/h4-6H,2-3,7-8H2,1H3,(H2,13,14). The van der Waals surface area contributed by atoms with Crippen LogP contribution >= 0.6 is 11.8 Å². The number of thioether (sulfide) groups is 1. The van der Waals surface area contributed by atoms with E-state index in [1.54, 1.807) is 17.8 Å². The highest BCUT2D eigenvalue weighted by molar-refractivity contribution is 7.99. The first kappa shape index (κ1) is 13.4. The Kier molecular flexibility index (Phi) is 3.97. The average molecular weight is 284 g/mol. The Balaban J connectivity index is 2.36. The smallest absolute Gasteiger partial charge is 0.259 e. The molecule has 0 fully saturated rings. The summed E-state index contributed by atoms with van der Waals surface area (Å²) in [6, 6.07) is 5.65. The van der Waals surface area contributed by atoms with Crippen LogP contribution in [0.15, 0.2) is 27.5 Å². The molecule has 0 radical (unpaired) electrons. The van der Waals surface area contributed by atoms with Crippen molar-refractivity contribution in [2.24, 2.45) is 10.1 Å². The molecule has 0 atom stereocenters. The second kappa shape index (κ2) is 5.32. The van der Waals surface area contributed by atoms with Crippen molar-refractivity contribution in [1.82, 2.24) is 0 Å². The van der Waals surface area contributed by atoms with Gasteiger partial charge in [0.05, 0.1) is 5.75 Å². The van der Waals surface area contributed by atoms with Gasteiger partial charge >= 0.3 is 0 Å². The zero-order valence-electron chi connectivity index (χ0n) is 10.2. The lowest BCUT2D eigenvalue weighted by Crippen LogP contribution is -2.24. The van der Waals surface area contributed by atoms with E-state index in [0.717, 1.165) is 34.6 Å². The molecule has 1 aromatic rings. The first-order chi connectivity index (χ1) is 8.53. The minimum atomic E-state index is -3.43. The molecule has 0 aliphatic carbocycles. The summed E-state index contributed by atoms with van der Waals surface area (Å²) in [5, 5.41) is 0. The van der Waals surface area contributed by atoms with Crippen LogP contribution < -0.4 is 5.73 Å². The minimum absolute atomic E-state index is 0.0504. The number of fused-ring (bicyclic) bond motifs is 1. The molecule has 0 bridgehead atoms. The minimum Gasteiger partial charge on any atom is -0.382 e. The van der Waals surface area contributed by atoms with Crippen LogP contribution in [0, 0.1) is 0 Å². The van der Waals surface area contributed by atoms with Crippen LogP contribution in [0.3, 0.4) is 0 Å². The third-order valence-electron chi connectivity index (χ3n) is 2.70. The Morgan fingerprint density at radius 2 is 2.22 bits per heavy atom. The van der Waals surface area contributed by atoms with Gasteiger partial charge < -0.3 is 5.73 Å². The number of nitrogens with zero attached hydrogens (tertiary/aromatic N) is 1. The van der Waals surface area contributed by atoms with E-state index in [9.17, 15) is 8.42 Å². The molecule has 2 N–H and O–H groups in total. The van der Waals surface area contributed by atoms with Crippen LogP contribution in [0.4, 0.5) is 0 Å². The van der Waals surface area contributed by atoms with E-state index in [1.807, 2.05) is 12.1 Å². The second-order valence-electron chi connectivity index (χ2n) is 4.20. The van der Waals surface area contributed by atoms with E-state index < -0.39 is 10.0 Å². The van der Waals surface area contributed by atoms with Gasteiger partial charge in [-0.1, -0.05) is 25.5 Å². The molecular formula is C12H16N2O2S2. The van der Waals surface area contributed by atoms with Gasteiger partial charge in [-0.05, 0) is 23.8 Å². The Hall–Kier alpha value is -1.01. The van der Waals surface area contributed by atoms with Gasteiger partial charge in [-0.15, -0.1) is 16.2 Å². The van der Waals surface area contributed by atoms with Crippen LogP contribution in [0.2, 0.25) is 0 Å². The highest BCUT2D eigenvalue weighted by Gasteiger charge is 2.24. The predicted octanol–water partition coefficient (Wildman–Crippen LogP) is 2.13. The van der Waals surface area contributed by atoms with E-state index >= 15 is 0 Å². The number of rotatable bonds is 4. The van der Waals surface area contributed by atoms with Crippen molar-refractivity contribution in [3.63, 3.8) is 0 Å². The number of unbranched alkanes of at least 4 members (excludes halogenated alkanes) is 1. The van der Waals surface area contributed by atoms with Gasteiger partial charge in [0.2, 0.25) is 0 Å². The van der Waals surface area contributed by atoms with Gasteiger partial charge in [0.1, 0.15) is 5.84 Å². The van der Waals surface area contributed by atoms with Crippen LogP contribution in [0.1, 0.15) is 30.9 Å². The molecule has 1 aliphatic rings. The molecule has 4 nitrogen and oxygen atoms in total. The number of hydrogen-bond donors (Lipinski definition) is 1. The van der Waals surface area contributed by atoms with E-state index in [4.69, 9.17) is 5.73 Å². The fourth-order valence-electron chi connectivity index (χ4n) is 1.86. The zero-order chi connectivity index (χ0) is 13.2. The van der Waals surface area contributed by atoms with Crippen molar-refractivity contribution < 1.29 is 8.42 Å². The van der Waals surface area contributed by atoms with E-state index in [-0.39, 0.29) is 11.6 Å². The molecule has 0 amide bonds. The fourth-order valence-corrected chi connectivity index (χ4v) is 4.16. The molecule has 6 heteroatoms. The molecule has 2 rings (SSSR count). The highest BCUT2D eigenvalue weighted by atomic mass is 32.2. The van der Waals surface area contributed by atoms with Crippen LogP contribution in [0.25, 0.3) is 0 Å². The van der Waals surface area contributed by atoms with Gasteiger partial charge in [0.15, 0.2) is 0 Å².